The van der Waals surface area contributed by atoms with Crippen molar-refractivity contribution in [3.63, 3.8) is 0 Å². The molecular formula is C7H17NO2S2. The molecule has 0 radical (unpaired) electrons. The molecule has 0 amide bonds. The molecule has 0 spiro atoms. The maximum Gasteiger partial charge on any atom is 0.148 e. The second-order valence-corrected chi connectivity index (χ2v) is 6.42. The molecule has 0 fully saturated rings. The zero-order valence-electron chi connectivity index (χ0n) is 7.83. The van der Waals surface area contributed by atoms with Crippen LogP contribution in [0.2, 0.25) is 0 Å². The molecule has 0 aliphatic heterocycles. The smallest absolute Gasteiger partial charge is 0.148 e. The third-order valence-corrected chi connectivity index (χ3v) is 3.40. The summed E-state index contributed by atoms with van der Waals surface area (Å²) in [4.78, 5) is 0. The number of sulfone groups is 1. The first-order valence-corrected chi connectivity index (χ1v) is 7.22. The quantitative estimate of drug-likeness (QED) is 0.645. The lowest BCUT2D eigenvalue weighted by Crippen LogP contribution is -2.27. The van der Waals surface area contributed by atoms with Crippen LogP contribution in [0, 0.1) is 0 Å². The molecule has 1 atom stereocenters. The van der Waals surface area contributed by atoms with Crippen molar-refractivity contribution >= 4 is 21.6 Å². The third-order valence-electron chi connectivity index (χ3n) is 1.48. The molecule has 74 valence electrons. The van der Waals surface area contributed by atoms with E-state index in [-0.39, 0.29) is 5.75 Å². The lowest BCUT2D eigenvalue weighted by atomic mass is 10.5. The van der Waals surface area contributed by atoms with E-state index in [1.807, 2.05) is 6.26 Å². The van der Waals surface area contributed by atoms with E-state index in [1.165, 1.54) is 6.26 Å². The maximum absolute atomic E-state index is 10.7. The van der Waals surface area contributed by atoms with Gasteiger partial charge in [0.25, 0.3) is 0 Å². The van der Waals surface area contributed by atoms with Crippen LogP contribution in [0.15, 0.2) is 0 Å². The summed E-state index contributed by atoms with van der Waals surface area (Å²) in [6, 6.07) is 0. The third kappa shape index (κ3) is 8.36. The second kappa shape index (κ2) is 5.83. The van der Waals surface area contributed by atoms with Crippen LogP contribution in [0.5, 0.6) is 0 Å². The van der Waals surface area contributed by atoms with Gasteiger partial charge >= 0.3 is 0 Å². The van der Waals surface area contributed by atoms with E-state index in [9.17, 15) is 8.42 Å². The van der Waals surface area contributed by atoms with E-state index in [4.69, 9.17) is 0 Å². The van der Waals surface area contributed by atoms with E-state index in [0.717, 1.165) is 6.54 Å². The van der Waals surface area contributed by atoms with Crippen LogP contribution < -0.4 is 5.32 Å². The van der Waals surface area contributed by atoms with Crippen molar-refractivity contribution in [3.8, 4) is 0 Å². The summed E-state index contributed by atoms with van der Waals surface area (Å²) >= 11 is 1.77. The molecule has 0 aromatic heterocycles. The summed E-state index contributed by atoms with van der Waals surface area (Å²) in [7, 11) is -2.80. The average molecular weight is 211 g/mol. The topological polar surface area (TPSA) is 46.2 Å². The van der Waals surface area contributed by atoms with Crippen LogP contribution in [0.3, 0.4) is 0 Å². The molecule has 0 aliphatic carbocycles. The molecule has 0 bridgehead atoms. The summed E-state index contributed by atoms with van der Waals surface area (Å²) in [6.45, 7) is 3.54. The summed E-state index contributed by atoms with van der Waals surface area (Å²) in [6.07, 6.45) is 3.30. The van der Waals surface area contributed by atoms with E-state index in [2.05, 4.69) is 12.2 Å². The number of thioether (sulfide) groups is 1. The number of hydrogen-bond acceptors (Lipinski definition) is 4. The van der Waals surface area contributed by atoms with Crippen LogP contribution in [0.1, 0.15) is 6.92 Å². The first kappa shape index (κ1) is 12.3. The molecule has 1 unspecified atom stereocenters. The van der Waals surface area contributed by atoms with Crippen LogP contribution in [-0.2, 0) is 9.84 Å². The van der Waals surface area contributed by atoms with Crippen molar-refractivity contribution in [2.24, 2.45) is 0 Å². The van der Waals surface area contributed by atoms with Gasteiger partial charge in [0.1, 0.15) is 9.84 Å². The minimum atomic E-state index is -2.80. The molecule has 0 aromatic rings. The molecule has 3 nitrogen and oxygen atoms in total. The molecule has 12 heavy (non-hydrogen) atoms. The minimum absolute atomic E-state index is 0.230. The molecule has 1 N–H and O–H groups in total. The summed E-state index contributed by atoms with van der Waals surface area (Å²) < 4.78 is 21.4. The lowest BCUT2D eigenvalue weighted by Gasteiger charge is -2.08. The summed E-state index contributed by atoms with van der Waals surface area (Å²) in [5, 5.41) is 3.64. The van der Waals surface area contributed by atoms with E-state index < -0.39 is 9.84 Å². The van der Waals surface area contributed by atoms with Gasteiger partial charge in [-0.05, 0) is 6.26 Å². The fraction of sp³-hybridized carbons (Fsp3) is 1.00. The van der Waals surface area contributed by atoms with Crippen molar-refractivity contribution in [1.29, 1.82) is 0 Å². The van der Waals surface area contributed by atoms with Gasteiger partial charge in [0, 0.05) is 24.6 Å². The fourth-order valence-corrected chi connectivity index (χ4v) is 1.45. The Bertz CT molecular complexity index is 201. The zero-order valence-corrected chi connectivity index (χ0v) is 9.46. The Labute approximate surface area is 79.2 Å². The average Bonchev–Trinajstić information content (AvgIpc) is 1.96. The minimum Gasteiger partial charge on any atom is -0.315 e. The standard InChI is InChI=1S/C7H17NO2S2/c1-7(11-2)6-8-4-5-12(3,9)10/h7-8H,4-6H2,1-3H3. The highest BCUT2D eigenvalue weighted by Gasteiger charge is 2.02. The van der Waals surface area contributed by atoms with Crippen molar-refractivity contribution in [2.45, 2.75) is 12.2 Å². The van der Waals surface area contributed by atoms with Gasteiger partial charge in [0.2, 0.25) is 0 Å². The van der Waals surface area contributed by atoms with Gasteiger partial charge in [-0.2, -0.15) is 11.8 Å². The molecule has 5 heteroatoms. The Morgan fingerprint density at radius 2 is 2.08 bits per heavy atom. The first-order chi connectivity index (χ1) is 5.45. The van der Waals surface area contributed by atoms with Gasteiger partial charge in [-0.15, -0.1) is 0 Å². The Morgan fingerprint density at radius 1 is 1.50 bits per heavy atom. The van der Waals surface area contributed by atoms with E-state index >= 15 is 0 Å². The molecule has 0 saturated heterocycles. The van der Waals surface area contributed by atoms with Crippen LogP contribution in [-0.4, -0.2) is 45.0 Å². The van der Waals surface area contributed by atoms with Crippen molar-refractivity contribution in [1.82, 2.24) is 5.32 Å². The Balaban J connectivity index is 3.34. The molecule has 0 rings (SSSR count). The second-order valence-electron chi connectivity index (χ2n) is 2.88. The Kier molecular flexibility index (Phi) is 5.96. The first-order valence-electron chi connectivity index (χ1n) is 3.87. The van der Waals surface area contributed by atoms with E-state index in [0.29, 0.717) is 11.8 Å². The molecule has 0 aliphatic rings. The van der Waals surface area contributed by atoms with Crippen molar-refractivity contribution in [2.75, 3.05) is 31.4 Å². The molecule has 0 saturated carbocycles. The summed E-state index contributed by atoms with van der Waals surface area (Å²) in [5.41, 5.74) is 0. The summed E-state index contributed by atoms with van der Waals surface area (Å²) in [5.74, 6) is 0.230. The lowest BCUT2D eigenvalue weighted by molar-refractivity contribution is 0.596. The Hall–Kier alpha value is 0.260. The van der Waals surface area contributed by atoms with Gasteiger partial charge in [-0.1, -0.05) is 6.92 Å². The van der Waals surface area contributed by atoms with Gasteiger partial charge in [0.15, 0.2) is 0 Å². The highest BCUT2D eigenvalue weighted by atomic mass is 32.2. The van der Waals surface area contributed by atoms with E-state index in [1.54, 1.807) is 11.8 Å². The van der Waals surface area contributed by atoms with Crippen LogP contribution in [0.4, 0.5) is 0 Å². The normalized spacial score (nSPS) is 14.6. The zero-order chi connectivity index (χ0) is 9.61. The van der Waals surface area contributed by atoms with Crippen molar-refractivity contribution in [3.05, 3.63) is 0 Å². The van der Waals surface area contributed by atoms with Crippen molar-refractivity contribution < 1.29 is 8.42 Å². The SMILES string of the molecule is CSC(C)CNCCS(C)(=O)=O. The number of hydrogen-bond donors (Lipinski definition) is 1. The maximum atomic E-state index is 10.7. The van der Waals surface area contributed by atoms with Gasteiger partial charge in [0.05, 0.1) is 5.75 Å². The van der Waals surface area contributed by atoms with Crippen LogP contribution >= 0.6 is 11.8 Å². The number of nitrogens with one attached hydrogen (secondary N) is 1. The Morgan fingerprint density at radius 3 is 2.50 bits per heavy atom. The highest BCUT2D eigenvalue weighted by molar-refractivity contribution is 7.99. The molecule has 0 heterocycles. The van der Waals surface area contributed by atoms with Gasteiger partial charge < -0.3 is 5.32 Å². The largest absolute Gasteiger partial charge is 0.315 e. The predicted octanol–water partition coefficient (Wildman–Crippen LogP) is 0.372. The van der Waals surface area contributed by atoms with Crippen LogP contribution in [0.25, 0.3) is 0 Å². The monoisotopic (exact) mass is 211 g/mol. The molecular weight excluding hydrogens is 194 g/mol. The number of rotatable bonds is 6. The molecule has 0 aromatic carbocycles. The van der Waals surface area contributed by atoms with Gasteiger partial charge in [-0.3, -0.25) is 0 Å². The predicted molar refractivity (Wildman–Crippen MR) is 55.6 cm³/mol. The van der Waals surface area contributed by atoms with Gasteiger partial charge in [-0.25, -0.2) is 8.42 Å². The fourth-order valence-electron chi connectivity index (χ4n) is 0.646. The highest BCUT2D eigenvalue weighted by Crippen LogP contribution is 2.01.